The van der Waals surface area contributed by atoms with E-state index in [-0.39, 0.29) is 24.8 Å². The molecule has 0 aliphatic heterocycles. The van der Waals surface area contributed by atoms with Crippen molar-refractivity contribution >= 4 is 46.6 Å². The Balaban J connectivity index is 2.31. The van der Waals surface area contributed by atoms with Gasteiger partial charge in [0.1, 0.15) is 6.04 Å². The molecule has 2 aromatic rings. The Morgan fingerprint density at radius 2 is 1.70 bits per heavy atom. The van der Waals surface area contributed by atoms with Crippen molar-refractivity contribution in [1.82, 2.24) is 10.2 Å². The third-order valence-electron chi connectivity index (χ3n) is 4.71. The zero-order chi connectivity index (χ0) is 22.3. The lowest BCUT2D eigenvalue weighted by Gasteiger charge is -2.31. The normalized spacial score (nSPS) is 12.0. The smallest absolute Gasteiger partial charge is 0.242 e. The van der Waals surface area contributed by atoms with E-state index in [1.165, 1.54) is 0 Å². The molecule has 4 nitrogen and oxygen atoms in total. The van der Waals surface area contributed by atoms with Crippen molar-refractivity contribution in [1.29, 1.82) is 0 Å². The molecule has 0 aromatic heterocycles. The first-order valence-corrected chi connectivity index (χ1v) is 11.1. The van der Waals surface area contributed by atoms with E-state index in [0.717, 1.165) is 11.1 Å². The average Bonchev–Trinajstić information content (AvgIpc) is 2.70. The highest BCUT2D eigenvalue weighted by Crippen LogP contribution is 2.25. The summed E-state index contributed by atoms with van der Waals surface area (Å²) in [5.41, 5.74) is 1.52. The van der Waals surface area contributed by atoms with Gasteiger partial charge in [-0.05, 0) is 41.7 Å². The van der Waals surface area contributed by atoms with Gasteiger partial charge in [0.15, 0.2) is 0 Å². The molecule has 0 unspecified atom stereocenters. The molecular formula is C23H27Cl3N2O2. The molecule has 162 valence electrons. The van der Waals surface area contributed by atoms with E-state index in [2.05, 4.69) is 5.32 Å². The van der Waals surface area contributed by atoms with E-state index in [9.17, 15) is 9.59 Å². The molecule has 0 bridgehead atoms. The van der Waals surface area contributed by atoms with Gasteiger partial charge in [-0.25, -0.2) is 0 Å². The Labute approximate surface area is 193 Å². The molecule has 0 saturated heterocycles. The first-order valence-electron chi connectivity index (χ1n) is 9.97. The highest BCUT2D eigenvalue weighted by molar-refractivity contribution is 6.42. The van der Waals surface area contributed by atoms with Crippen LogP contribution >= 0.6 is 34.8 Å². The minimum atomic E-state index is -0.604. The maximum Gasteiger partial charge on any atom is 0.242 e. The summed E-state index contributed by atoms with van der Waals surface area (Å²) in [6.07, 6.45) is 0.592. The molecule has 0 fully saturated rings. The maximum atomic E-state index is 13.3. The van der Waals surface area contributed by atoms with Gasteiger partial charge in [0.05, 0.1) is 16.5 Å². The monoisotopic (exact) mass is 468 g/mol. The standard InChI is InChI=1S/C23H27Cl3N2O2/c1-4-21(23(30)27-13-15(2)3)28(14-16-9-10-19(25)20(26)11-16)22(29)12-17-7-5-6-8-18(17)24/h5-11,15,21H,4,12-14H2,1-3H3,(H,27,30)/t21-/m0/s1. The van der Waals surface area contributed by atoms with Gasteiger partial charge in [0, 0.05) is 18.1 Å². The van der Waals surface area contributed by atoms with E-state index < -0.39 is 6.04 Å². The topological polar surface area (TPSA) is 49.4 Å². The number of halogens is 3. The first kappa shape index (κ1) is 24.5. The summed E-state index contributed by atoms with van der Waals surface area (Å²) >= 11 is 18.4. The highest BCUT2D eigenvalue weighted by Gasteiger charge is 2.29. The van der Waals surface area contributed by atoms with Crippen LogP contribution in [0.15, 0.2) is 42.5 Å². The minimum Gasteiger partial charge on any atom is -0.354 e. The van der Waals surface area contributed by atoms with Gasteiger partial charge in [-0.3, -0.25) is 9.59 Å². The minimum absolute atomic E-state index is 0.106. The second kappa shape index (κ2) is 11.6. The zero-order valence-electron chi connectivity index (χ0n) is 17.4. The Morgan fingerprint density at radius 3 is 2.30 bits per heavy atom. The van der Waals surface area contributed by atoms with Gasteiger partial charge < -0.3 is 10.2 Å². The Kier molecular flexibility index (Phi) is 9.47. The molecular weight excluding hydrogens is 443 g/mol. The predicted octanol–water partition coefficient (Wildman–Crippen LogP) is 5.77. The van der Waals surface area contributed by atoms with Crippen LogP contribution in [0.1, 0.15) is 38.3 Å². The number of nitrogens with one attached hydrogen (secondary N) is 1. The fourth-order valence-corrected chi connectivity index (χ4v) is 3.61. The maximum absolute atomic E-state index is 13.3. The summed E-state index contributed by atoms with van der Waals surface area (Å²) in [6.45, 7) is 6.74. The number of carbonyl (C=O) groups is 2. The van der Waals surface area contributed by atoms with Crippen LogP contribution in [0.25, 0.3) is 0 Å². The fourth-order valence-electron chi connectivity index (χ4n) is 3.08. The van der Waals surface area contributed by atoms with E-state index in [1.54, 1.807) is 23.1 Å². The van der Waals surface area contributed by atoms with Crippen molar-refractivity contribution in [3.05, 3.63) is 68.7 Å². The van der Waals surface area contributed by atoms with Crippen LogP contribution in [0, 0.1) is 5.92 Å². The quantitative estimate of drug-likeness (QED) is 0.507. The van der Waals surface area contributed by atoms with E-state index >= 15 is 0 Å². The molecule has 2 rings (SSSR count). The Hall–Kier alpha value is -1.75. The molecule has 7 heteroatoms. The Morgan fingerprint density at radius 1 is 1.00 bits per heavy atom. The van der Waals surface area contributed by atoms with Crippen molar-refractivity contribution < 1.29 is 9.59 Å². The lowest BCUT2D eigenvalue weighted by molar-refractivity contribution is -0.141. The second-order valence-corrected chi connectivity index (χ2v) is 8.82. The number of nitrogens with zero attached hydrogens (tertiary/aromatic N) is 1. The van der Waals surface area contributed by atoms with Crippen LogP contribution in [-0.4, -0.2) is 29.3 Å². The molecule has 30 heavy (non-hydrogen) atoms. The van der Waals surface area contributed by atoms with Gasteiger partial charge in [-0.15, -0.1) is 0 Å². The summed E-state index contributed by atoms with van der Waals surface area (Å²) in [6, 6.07) is 11.8. The van der Waals surface area contributed by atoms with Crippen LogP contribution < -0.4 is 5.32 Å². The number of carbonyl (C=O) groups excluding carboxylic acids is 2. The number of rotatable bonds is 9. The molecule has 0 aliphatic carbocycles. The van der Waals surface area contributed by atoms with Gasteiger partial charge >= 0.3 is 0 Å². The molecule has 1 N–H and O–H groups in total. The van der Waals surface area contributed by atoms with Crippen molar-refractivity contribution in [2.24, 2.45) is 5.92 Å². The fraction of sp³-hybridized carbons (Fsp3) is 0.391. The number of amides is 2. The molecule has 0 radical (unpaired) electrons. The van der Waals surface area contributed by atoms with Gasteiger partial charge in [0.25, 0.3) is 0 Å². The molecule has 0 saturated carbocycles. The summed E-state index contributed by atoms with van der Waals surface area (Å²) in [4.78, 5) is 27.8. The SMILES string of the molecule is CC[C@@H](C(=O)NCC(C)C)N(Cc1ccc(Cl)c(Cl)c1)C(=O)Cc1ccccc1Cl. The van der Waals surface area contributed by atoms with Crippen molar-refractivity contribution in [3.8, 4) is 0 Å². The zero-order valence-corrected chi connectivity index (χ0v) is 19.7. The van der Waals surface area contributed by atoms with Crippen molar-refractivity contribution in [2.75, 3.05) is 6.54 Å². The largest absolute Gasteiger partial charge is 0.354 e. The third-order valence-corrected chi connectivity index (χ3v) is 5.81. The third kappa shape index (κ3) is 6.90. The summed E-state index contributed by atoms with van der Waals surface area (Å²) in [7, 11) is 0. The average molecular weight is 470 g/mol. The molecule has 0 spiro atoms. The Bertz CT molecular complexity index is 887. The number of hydrogen-bond acceptors (Lipinski definition) is 2. The summed E-state index contributed by atoms with van der Waals surface area (Å²) in [5, 5.41) is 4.32. The molecule has 2 aromatic carbocycles. The van der Waals surface area contributed by atoms with E-state index in [0.29, 0.717) is 34.0 Å². The van der Waals surface area contributed by atoms with E-state index in [4.69, 9.17) is 34.8 Å². The van der Waals surface area contributed by atoms with Gasteiger partial charge in [-0.2, -0.15) is 0 Å². The molecule has 0 heterocycles. The molecule has 0 aliphatic rings. The summed E-state index contributed by atoms with van der Waals surface area (Å²) in [5.74, 6) is -0.0340. The number of hydrogen-bond donors (Lipinski definition) is 1. The molecule has 1 atom stereocenters. The van der Waals surface area contributed by atoms with Crippen LogP contribution in [-0.2, 0) is 22.6 Å². The van der Waals surface area contributed by atoms with Crippen molar-refractivity contribution in [3.63, 3.8) is 0 Å². The number of benzene rings is 2. The predicted molar refractivity (Wildman–Crippen MR) is 124 cm³/mol. The van der Waals surface area contributed by atoms with E-state index in [1.807, 2.05) is 45.0 Å². The summed E-state index contributed by atoms with van der Waals surface area (Å²) < 4.78 is 0. The van der Waals surface area contributed by atoms with Gasteiger partial charge in [-0.1, -0.05) is 79.8 Å². The van der Waals surface area contributed by atoms with Crippen LogP contribution in [0.4, 0.5) is 0 Å². The second-order valence-electron chi connectivity index (χ2n) is 7.60. The van der Waals surface area contributed by atoms with Crippen LogP contribution in [0.5, 0.6) is 0 Å². The first-order chi connectivity index (χ1) is 14.2. The van der Waals surface area contributed by atoms with Crippen LogP contribution in [0.2, 0.25) is 15.1 Å². The van der Waals surface area contributed by atoms with Crippen LogP contribution in [0.3, 0.4) is 0 Å². The lowest BCUT2D eigenvalue weighted by Crippen LogP contribution is -2.50. The van der Waals surface area contributed by atoms with Crippen molar-refractivity contribution in [2.45, 2.75) is 46.2 Å². The highest BCUT2D eigenvalue weighted by atomic mass is 35.5. The lowest BCUT2D eigenvalue weighted by atomic mass is 10.1. The van der Waals surface area contributed by atoms with Gasteiger partial charge in [0.2, 0.25) is 11.8 Å². The molecule has 2 amide bonds.